The highest BCUT2D eigenvalue weighted by Crippen LogP contribution is 2.32. The molecule has 0 bridgehead atoms. The number of carbonyl (C=O) groups is 2. The Labute approximate surface area is 296 Å². The van der Waals surface area contributed by atoms with E-state index in [-0.39, 0.29) is 23.4 Å². The Balaban J connectivity index is 1.42. The molecule has 0 aliphatic heterocycles. The number of azo groups is 1. The molecule has 1 aromatic heterocycles. The molecule has 0 saturated carbocycles. The average Bonchev–Trinajstić information content (AvgIpc) is 3.14. The number of aromatic nitrogens is 1. The Morgan fingerprint density at radius 1 is 0.660 bits per heavy atom. The molecule has 0 amide bonds. The molecule has 0 aliphatic rings. The molecule has 1 heterocycles. The molecule has 50 heavy (non-hydrogen) atoms. The zero-order chi connectivity index (χ0) is 35.6. The summed E-state index contributed by atoms with van der Waals surface area (Å²) in [5, 5.41) is 8.84. The number of hydrogen-bond donors (Lipinski definition) is 0. The van der Waals surface area contributed by atoms with Crippen LogP contribution in [0.1, 0.15) is 112 Å². The molecule has 4 aromatic rings. The van der Waals surface area contributed by atoms with Gasteiger partial charge in [0.1, 0.15) is 23.3 Å². The van der Waals surface area contributed by atoms with Gasteiger partial charge in [-0.3, -0.25) is 0 Å². The Morgan fingerprint density at radius 3 is 1.94 bits per heavy atom. The van der Waals surface area contributed by atoms with Gasteiger partial charge in [0.05, 0.1) is 23.4 Å². The number of pyridine rings is 1. The minimum atomic E-state index is -0.617. The fourth-order valence-corrected chi connectivity index (χ4v) is 5.03. The first-order chi connectivity index (χ1) is 24.4. The molecule has 0 spiro atoms. The first-order valence-corrected chi connectivity index (χ1v) is 17.9. The van der Waals surface area contributed by atoms with Crippen molar-refractivity contribution in [3.8, 4) is 23.3 Å². The molecule has 0 fully saturated rings. The maximum Gasteiger partial charge on any atom is 0.344 e. The SMILES string of the molecule is CCCCCCCC(CC)Oc1nc(OC(=O)c2ccc(OC(=O)c3ccc(OCCCC)cc3)cc2)ccc1N=Nc1ccc(CC)cc1. The maximum absolute atomic E-state index is 13.1. The van der Waals surface area contributed by atoms with E-state index in [9.17, 15) is 9.59 Å². The third-order valence-corrected chi connectivity index (χ3v) is 8.15. The van der Waals surface area contributed by atoms with E-state index in [2.05, 4.69) is 42.9 Å². The van der Waals surface area contributed by atoms with E-state index in [0.29, 0.717) is 35.0 Å². The van der Waals surface area contributed by atoms with Crippen LogP contribution in [0.2, 0.25) is 0 Å². The number of rotatable bonds is 20. The molecule has 0 saturated heterocycles. The van der Waals surface area contributed by atoms with Crippen molar-refractivity contribution in [2.24, 2.45) is 10.2 Å². The summed E-state index contributed by atoms with van der Waals surface area (Å²) in [4.78, 5) is 30.3. The summed E-state index contributed by atoms with van der Waals surface area (Å²) < 4.78 is 23.2. The standard InChI is InChI=1S/C41H49N3O6/c1-5-9-11-12-13-14-34(8-4)48-39-37(44-43-33-21-15-30(7-3)16-22-33)27-28-38(42-39)50-41(46)32-19-25-36(26-20-32)49-40(45)31-17-23-35(24-18-31)47-29-10-6-2/h15-28,34H,5-14,29H2,1-4H3. The van der Waals surface area contributed by atoms with Crippen LogP contribution in [-0.2, 0) is 6.42 Å². The fourth-order valence-electron chi connectivity index (χ4n) is 5.03. The number of esters is 2. The molecule has 264 valence electrons. The lowest BCUT2D eigenvalue weighted by atomic mass is 10.1. The first kappa shape index (κ1) is 37.8. The van der Waals surface area contributed by atoms with Crippen molar-refractivity contribution in [3.05, 3.63) is 102 Å². The van der Waals surface area contributed by atoms with Gasteiger partial charge >= 0.3 is 11.9 Å². The van der Waals surface area contributed by atoms with Crippen LogP contribution in [0.3, 0.4) is 0 Å². The summed E-state index contributed by atoms with van der Waals surface area (Å²) in [6, 6.07) is 24.1. The largest absolute Gasteiger partial charge is 0.494 e. The molecule has 0 radical (unpaired) electrons. The minimum Gasteiger partial charge on any atom is -0.494 e. The van der Waals surface area contributed by atoms with Crippen LogP contribution in [0.5, 0.6) is 23.3 Å². The molecular formula is C41H49N3O6. The Morgan fingerprint density at radius 2 is 1.30 bits per heavy atom. The third-order valence-electron chi connectivity index (χ3n) is 8.15. The van der Waals surface area contributed by atoms with Gasteiger partial charge in [-0.1, -0.05) is 71.9 Å². The van der Waals surface area contributed by atoms with E-state index in [1.165, 1.54) is 37.0 Å². The summed E-state index contributed by atoms with van der Waals surface area (Å²) in [5.41, 5.74) is 3.03. The molecular weight excluding hydrogens is 630 g/mol. The lowest BCUT2D eigenvalue weighted by Crippen LogP contribution is -2.16. The van der Waals surface area contributed by atoms with Gasteiger partial charge < -0.3 is 18.9 Å². The van der Waals surface area contributed by atoms with Crippen molar-refractivity contribution in [1.29, 1.82) is 0 Å². The number of nitrogens with zero attached hydrogens (tertiary/aromatic N) is 3. The predicted octanol–water partition coefficient (Wildman–Crippen LogP) is 11.2. The Hall–Kier alpha value is -5.05. The van der Waals surface area contributed by atoms with Gasteiger partial charge in [0.25, 0.3) is 0 Å². The van der Waals surface area contributed by atoms with Crippen molar-refractivity contribution in [3.63, 3.8) is 0 Å². The predicted molar refractivity (Wildman–Crippen MR) is 196 cm³/mol. The lowest BCUT2D eigenvalue weighted by Gasteiger charge is -2.18. The van der Waals surface area contributed by atoms with Crippen molar-refractivity contribution in [2.75, 3.05) is 6.61 Å². The van der Waals surface area contributed by atoms with E-state index in [0.717, 1.165) is 44.9 Å². The van der Waals surface area contributed by atoms with Gasteiger partial charge in [0, 0.05) is 6.07 Å². The zero-order valence-electron chi connectivity index (χ0n) is 29.7. The first-order valence-electron chi connectivity index (χ1n) is 17.9. The van der Waals surface area contributed by atoms with Crippen LogP contribution < -0.4 is 18.9 Å². The number of unbranched alkanes of at least 4 members (excludes halogenated alkanes) is 5. The summed E-state index contributed by atoms with van der Waals surface area (Å²) in [7, 11) is 0. The second-order valence-electron chi connectivity index (χ2n) is 12.1. The van der Waals surface area contributed by atoms with Crippen LogP contribution in [0.4, 0.5) is 11.4 Å². The molecule has 1 unspecified atom stereocenters. The number of aryl methyl sites for hydroxylation is 1. The van der Waals surface area contributed by atoms with Crippen molar-refractivity contribution < 1.29 is 28.5 Å². The molecule has 0 aliphatic carbocycles. The van der Waals surface area contributed by atoms with Crippen molar-refractivity contribution >= 4 is 23.3 Å². The summed E-state index contributed by atoms with van der Waals surface area (Å²) >= 11 is 0. The molecule has 9 nitrogen and oxygen atoms in total. The number of ether oxygens (including phenoxy) is 4. The molecule has 3 aromatic carbocycles. The van der Waals surface area contributed by atoms with Gasteiger partial charge in [-0.2, -0.15) is 10.1 Å². The fraction of sp³-hybridized carbons (Fsp3) is 0.390. The van der Waals surface area contributed by atoms with Gasteiger partial charge in [-0.25, -0.2) is 9.59 Å². The van der Waals surface area contributed by atoms with Gasteiger partial charge in [-0.05, 0) is 104 Å². The second-order valence-corrected chi connectivity index (χ2v) is 12.1. The minimum absolute atomic E-state index is 0.0693. The summed E-state index contributed by atoms with van der Waals surface area (Å²) in [6.07, 6.45) is 10.4. The van der Waals surface area contributed by atoms with E-state index >= 15 is 0 Å². The van der Waals surface area contributed by atoms with E-state index in [1.807, 2.05) is 24.3 Å². The van der Waals surface area contributed by atoms with E-state index < -0.39 is 11.9 Å². The van der Waals surface area contributed by atoms with Crippen LogP contribution in [-0.4, -0.2) is 29.6 Å². The van der Waals surface area contributed by atoms with Crippen LogP contribution in [0.15, 0.2) is 95.2 Å². The summed E-state index contributed by atoms with van der Waals surface area (Å²) in [5.74, 6) is 0.194. The molecule has 0 N–H and O–H groups in total. The van der Waals surface area contributed by atoms with Crippen LogP contribution in [0.25, 0.3) is 0 Å². The highest BCUT2D eigenvalue weighted by Gasteiger charge is 2.17. The monoisotopic (exact) mass is 679 g/mol. The summed E-state index contributed by atoms with van der Waals surface area (Å²) in [6.45, 7) is 9.12. The van der Waals surface area contributed by atoms with E-state index in [1.54, 1.807) is 48.5 Å². The Kier molecular flexibility index (Phi) is 15.5. The molecule has 9 heteroatoms. The second kappa shape index (κ2) is 20.5. The quantitative estimate of drug-likeness (QED) is 0.0396. The van der Waals surface area contributed by atoms with Crippen LogP contribution >= 0.6 is 0 Å². The lowest BCUT2D eigenvalue weighted by molar-refractivity contribution is 0.0723. The third kappa shape index (κ3) is 12.1. The molecule has 1 atom stereocenters. The Bertz CT molecular complexity index is 1650. The van der Waals surface area contributed by atoms with Crippen LogP contribution in [0, 0.1) is 0 Å². The highest BCUT2D eigenvalue weighted by atomic mass is 16.5. The average molecular weight is 680 g/mol. The zero-order valence-corrected chi connectivity index (χ0v) is 29.7. The topological polar surface area (TPSA) is 109 Å². The van der Waals surface area contributed by atoms with Gasteiger partial charge in [0.15, 0.2) is 0 Å². The number of hydrogen-bond acceptors (Lipinski definition) is 9. The van der Waals surface area contributed by atoms with Gasteiger partial charge in [0.2, 0.25) is 11.8 Å². The highest BCUT2D eigenvalue weighted by molar-refractivity contribution is 5.92. The molecule has 4 rings (SSSR count). The van der Waals surface area contributed by atoms with Crippen molar-refractivity contribution in [2.45, 2.75) is 98.0 Å². The van der Waals surface area contributed by atoms with E-state index in [4.69, 9.17) is 18.9 Å². The number of carbonyl (C=O) groups excluding carboxylic acids is 2. The number of benzene rings is 3. The van der Waals surface area contributed by atoms with Gasteiger partial charge in [-0.15, -0.1) is 5.11 Å². The maximum atomic E-state index is 13.1. The normalized spacial score (nSPS) is 11.7. The smallest absolute Gasteiger partial charge is 0.344 e. The van der Waals surface area contributed by atoms with Crippen molar-refractivity contribution in [1.82, 2.24) is 4.98 Å².